The fourth-order valence-electron chi connectivity index (χ4n) is 2.12. The molecule has 2 amide bonds. The largest absolute Gasteiger partial charge is 0.480 e. The highest BCUT2D eigenvalue weighted by molar-refractivity contribution is 9.10. The summed E-state index contributed by atoms with van der Waals surface area (Å²) in [5, 5.41) is 14.5. The average molecular weight is 381 g/mol. The monoisotopic (exact) mass is 380 g/mol. The van der Waals surface area contributed by atoms with Gasteiger partial charge in [-0.2, -0.15) is 0 Å². The predicted molar refractivity (Wildman–Crippen MR) is 89.2 cm³/mol. The molecule has 0 spiro atoms. The molecule has 0 saturated heterocycles. The number of carbonyl (C=O) groups is 2. The number of carbonyl (C=O) groups excluding carboxylic acids is 1. The van der Waals surface area contributed by atoms with Crippen molar-refractivity contribution in [2.75, 3.05) is 5.32 Å². The number of aromatic nitrogens is 2. The number of imidazole rings is 1. The van der Waals surface area contributed by atoms with Crippen molar-refractivity contribution in [2.24, 2.45) is 0 Å². The van der Waals surface area contributed by atoms with Crippen LogP contribution in [0, 0.1) is 0 Å². The lowest BCUT2D eigenvalue weighted by atomic mass is 10.2. The van der Waals surface area contributed by atoms with Crippen LogP contribution in [0.5, 0.6) is 0 Å². The van der Waals surface area contributed by atoms with E-state index in [4.69, 9.17) is 5.11 Å². The van der Waals surface area contributed by atoms with E-state index in [2.05, 4.69) is 31.5 Å². The highest BCUT2D eigenvalue weighted by Gasteiger charge is 2.18. The molecule has 122 valence electrons. The second-order valence-electron chi connectivity index (χ2n) is 4.87. The van der Waals surface area contributed by atoms with E-state index < -0.39 is 5.97 Å². The molecule has 1 heterocycles. The number of anilines is 1. The summed E-state index contributed by atoms with van der Waals surface area (Å²) in [6.07, 6.45) is 3.69. The third kappa shape index (κ3) is 4.82. The van der Waals surface area contributed by atoms with Gasteiger partial charge >= 0.3 is 12.0 Å². The third-order valence-electron chi connectivity index (χ3n) is 3.18. The summed E-state index contributed by atoms with van der Waals surface area (Å²) >= 11 is 3.33. The lowest BCUT2D eigenvalue weighted by Crippen LogP contribution is -2.34. The number of carboxylic acid groups (broad SMARTS) is 1. The predicted octanol–water partition coefficient (Wildman–Crippen LogP) is 3.00. The number of benzene rings is 1. The Labute approximate surface area is 141 Å². The van der Waals surface area contributed by atoms with Crippen molar-refractivity contribution in [3.05, 3.63) is 47.0 Å². The van der Waals surface area contributed by atoms with Gasteiger partial charge in [0.15, 0.2) is 0 Å². The summed E-state index contributed by atoms with van der Waals surface area (Å²) in [7, 11) is 0. The topological polar surface area (TPSA) is 96.3 Å². The van der Waals surface area contributed by atoms with Gasteiger partial charge in [-0.05, 0) is 30.7 Å². The first-order valence-corrected chi connectivity index (χ1v) is 7.84. The lowest BCUT2D eigenvalue weighted by molar-refractivity contribution is -0.137. The van der Waals surface area contributed by atoms with Crippen LogP contribution >= 0.6 is 15.9 Å². The molecule has 2 rings (SSSR count). The van der Waals surface area contributed by atoms with E-state index in [0.717, 1.165) is 4.47 Å². The molecule has 3 N–H and O–H groups in total. The molecule has 8 heteroatoms. The number of nitrogens with one attached hydrogen (secondary N) is 2. The number of hydrogen-bond donors (Lipinski definition) is 3. The first kappa shape index (κ1) is 17.0. The van der Waals surface area contributed by atoms with E-state index >= 15 is 0 Å². The molecule has 0 aliphatic carbocycles. The fraction of sp³-hybridized carbons (Fsp3) is 0.267. The Bertz CT molecular complexity index is 684. The van der Waals surface area contributed by atoms with Crippen LogP contribution < -0.4 is 10.6 Å². The van der Waals surface area contributed by atoms with Gasteiger partial charge in [-0.1, -0.05) is 22.9 Å². The number of urea groups is 1. The van der Waals surface area contributed by atoms with Crippen LogP contribution in [-0.4, -0.2) is 26.7 Å². The second kappa shape index (κ2) is 7.77. The van der Waals surface area contributed by atoms with Crippen molar-refractivity contribution >= 4 is 33.6 Å². The van der Waals surface area contributed by atoms with Gasteiger partial charge in [-0.25, -0.2) is 9.78 Å². The van der Waals surface area contributed by atoms with E-state index in [9.17, 15) is 9.59 Å². The van der Waals surface area contributed by atoms with Gasteiger partial charge in [-0.3, -0.25) is 4.79 Å². The van der Waals surface area contributed by atoms with Crippen LogP contribution in [0.2, 0.25) is 0 Å². The van der Waals surface area contributed by atoms with Crippen LogP contribution in [0.3, 0.4) is 0 Å². The van der Waals surface area contributed by atoms with Crippen LogP contribution in [0.15, 0.2) is 41.1 Å². The van der Waals surface area contributed by atoms with E-state index in [1.807, 2.05) is 19.1 Å². The van der Waals surface area contributed by atoms with Gasteiger partial charge < -0.3 is 20.3 Å². The van der Waals surface area contributed by atoms with Crippen molar-refractivity contribution in [1.29, 1.82) is 0 Å². The first-order valence-electron chi connectivity index (χ1n) is 7.05. The zero-order valence-electron chi connectivity index (χ0n) is 12.5. The fourth-order valence-corrected chi connectivity index (χ4v) is 2.38. The van der Waals surface area contributed by atoms with Gasteiger partial charge in [0, 0.05) is 22.6 Å². The molecule has 0 bridgehead atoms. The van der Waals surface area contributed by atoms with Crippen molar-refractivity contribution < 1.29 is 14.7 Å². The lowest BCUT2D eigenvalue weighted by Gasteiger charge is -2.18. The molecule has 0 unspecified atom stereocenters. The van der Waals surface area contributed by atoms with E-state index in [1.54, 1.807) is 18.3 Å². The van der Waals surface area contributed by atoms with E-state index in [-0.39, 0.29) is 18.6 Å². The molecule has 0 aliphatic heterocycles. The number of aliphatic carboxylic acids is 1. The summed E-state index contributed by atoms with van der Waals surface area (Å²) in [6.45, 7) is 1.70. The maximum absolute atomic E-state index is 12.1. The Morgan fingerprint density at radius 1 is 1.35 bits per heavy atom. The third-order valence-corrected chi connectivity index (χ3v) is 3.71. The average Bonchev–Trinajstić information content (AvgIpc) is 2.94. The minimum absolute atomic E-state index is 0.193. The smallest absolute Gasteiger partial charge is 0.323 e. The van der Waals surface area contributed by atoms with Crippen LogP contribution in [0.4, 0.5) is 10.5 Å². The molecule has 0 saturated carbocycles. The number of nitrogens with zero attached hydrogens (tertiary/aromatic N) is 2. The summed E-state index contributed by atoms with van der Waals surface area (Å²) in [4.78, 5) is 27.1. The van der Waals surface area contributed by atoms with Gasteiger partial charge in [0.25, 0.3) is 0 Å². The molecule has 1 aromatic carbocycles. The Morgan fingerprint density at radius 3 is 2.65 bits per heavy atom. The molecule has 1 atom stereocenters. The first-order chi connectivity index (χ1) is 11.0. The van der Waals surface area contributed by atoms with Crippen LogP contribution in [-0.2, 0) is 11.3 Å². The van der Waals surface area contributed by atoms with Crippen molar-refractivity contribution in [2.45, 2.75) is 25.9 Å². The number of hydrogen-bond acceptors (Lipinski definition) is 3. The Balaban J connectivity index is 2.04. The number of carboxylic acids is 1. The minimum Gasteiger partial charge on any atom is -0.480 e. The van der Waals surface area contributed by atoms with Gasteiger partial charge in [0.1, 0.15) is 12.4 Å². The summed E-state index contributed by atoms with van der Waals surface area (Å²) < 4.78 is 2.43. The van der Waals surface area contributed by atoms with E-state index in [0.29, 0.717) is 17.9 Å². The maximum Gasteiger partial charge on any atom is 0.323 e. The number of halogens is 1. The van der Waals surface area contributed by atoms with Crippen molar-refractivity contribution in [3.63, 3.8) is 0 Å². The Kier molecular flexibility index (Phi) is 5.75. The standard InChI is InChI=1S/C15H17BrN4O3/c1-2-12(14-17-7-8-20(14)9-13(21)22)19-15(23)18-11-5-3-10(16)4-6-11/h3-8,12H,2,9H2,1H3,(H,21,22)(H2,18,19,23)/t12-/m1/s1. The summed E-state index contributed by atoms with van der Waals surface area (Å²) in [5.74, 6) is -0.445. The zero-order valence-corrected chi connectivity index (χ0v) is 14.1. The quantitative estimate of drug-likeness (QED) is 0.717. The number of rotatable bonds is 6. The zero-order chi connectivity index (χ0) is 16.8. The Morgan fingerprint density at radius 2 is 2.04 bits per heavy atom. The van der Waals surface area contributed by atoms with Crippen molar-refractivity contribution in [3.8, 4) is 0 Å². The number of amides is 2. The molecular weight excluding hydrogens is 364 g/mol. The molecule has 1 aromatic heterocycles. The molecule has 0 radical (unpaired) electrons. The highest BCUT2D eigenvalue weighted by Crippen LogP contribution is 2.17. The molecular formula is C15H17BrN4O3. The summed E-state index contributed by atoms with van der Waals surface area (Å²) in [5.41, 5.74) is 0.662. The van der Waals surface area contributed by atoms with E-state index in [1.165, 1.54) is 10.8 Å². The normalized spacial score (nSPS) is 11.7. The maximum atomic E-state index is 12.1. The van der Waals surface area contributed by atoms with Gasteiger partial charge in [-0.15, -0.1) is 0 Å². The van der Waals surface area contributed by atoms with Crippen LogP contribution in [0.25, 0.3) is 0 Å². The molecule has 0 fully saturated rings. The van der Waals surface area contributed by atoms with Gasteiger partial charge in [0.05, 0.1) is 6.04 Å². The molecule has 2 aromatic rings. The van der Waals surface area contributed by atoms with Crippen LogP contribution in [0.1, 0.15) is 25.2 Å². The SMILES string of the molecule is CC[C@@H](NC(=O)Nc1ccc(Br)cc1)c1nccn1CC(=O)O. The molecule has 23 heavy (non-hydrogen) atoms. The van der Waals surface area contributed by atoms with Crippen molar-refractivity contribution in [1.82, 2.24) is 14.9 Å². The van der Waals surface area contributed by atoms with Gasteiger partial charge in [0.2, 0.25) is 0 Å². The summed E-state index contributed by atoms with van der Waals surface area (Å²) in [6, 6.07) is 6.45. The minimum atomic E-state index is -0.960. The highest BCUT2D eigenvalue weighted by atomic mass is 79.9. The molecule has 0 aliphatic rings. The Hall–Kier alpha value is -2.35. The second-order valence-corrected chi connectivity index (χ2v) is 5.79. The molecule has 7 nitrogen and oxygen atoms in total.